The summed E-state index contributed by atoms with van der Waals surface area (Å²) in [4.78, 5) is 15.3. The van der Waals surface area contributed by atoms with Crippen LogP contribution in [0.15, 0.2) is 41.5 Å². The van der Waals surface area contributed by atoms with Crippen LogP contribution in [-0.4, -0.2) is 9.55 Å². The molecule has 0 amide bonds. The molecule has 0 fully saturated rings. The van der Waals surface area contributed by atoms with Crippen LogP contribution in [0, 0.1) is 13.0 Å². The predicted molar refractivity (Wildman–Crippen MR) is 64.1 cm³/mol. The first-order valence-corrected chi connectivity index (χ1v) is 4.79. The molecular formula is C12H13N3OY-2. The summed E-state index contributed by atoms with van der Waals surface area (Å²) in [6.45, 7) is 5.00. The molecule has 87 valence electrons. The van der Waals surface area contributed by atoms with Gasteiger partial charge in [-0.25, -0.2) is 4.98 Å². The van der Waals surface area contributed by atoms with Crippen LogP contribution in [0.3, 0.4) is 0 Å². The first-order valence-electron chi connectivity index (χ1n) is 4.79. The van der Waals surface area contributed by atoms with Crippen LogP contribution in [0.4, 0.5) is 5.82 Å². The van der Waals surface area contributed by atoms with E-state index in [2.05, 4.69) is 18.0 Å². The van der Waals surface area contributed by atoms with Gasteiger partial charge >= 0.3 is 0 Å². The molecule has 4 nitrogen and oxygen atoms in total. The number of aromatic nitrogens is 2. The summed E-state index contributed by atoms with van der Waals surface area (Å²) < 4.78 is 1.48. The van der Waals surface area contributed by atoms with Crippen molar-refractivity contribution in [3.63, 3.8) is 0 Å². The molecule has 2 N–H and O–H groups in total. The first kappa shape index (κ1) is 16.0. The second-order valence-corrected chi connectivity index (χ2v) is 2.78. The molecule has 2 aromatic rings. The summed E-state index contributed by atoms with van der Waals surface area (Å²) >= 11 is 0. The molecule has 0 atom stereocenters. The third-order valence-corrected chi connectivity index (χ3v) is 1.81. The molecule has 2 heterocycles. The Morgan fingerprint density at radius 1 is 1.41 bits per heavy atom. The third kappa shape index (κ3) is 4.40. The largest absolute Gasteiger partial charge is 0.391 e. The average molecular weight is 304 g/mol. The van der Waals surface area contributed by atoms with E-state index in [1.54, 1.807) is 37.5 Å². The van der Waals surface area contributed by atoms with Crippen molar-refractivity contribution < 1.29 is 32.7 Å². The summed E-state index contributed by atoms with van der Waals surface area (Å²) in [7, 11) is 0. The molecule has 0 aliphatic heterocycles. The van der Waals surface area contributed by atoms with Gasteiger partial charge < -0.3 is 22.0 Å². The SMILES string of the molecule is Nc1ccc(-n2cc[c-]cc2=O)cn1.[CH2-]C.[Y]. The predicted octanol–water partition coefficient (Wildman–Crippen LogP) is 1.45. The maximum Gasteiger partial charge on any atom is 0.140 e. The molecule has 0 spiro atoms. The van der Waals surface area contributed by atoms with E-state index in [0.717, 1.165) is 0 Å². The summed E-state index contributed by atoms with van der Waals surface area (Å²) in [6, 6.07) is 9.13. The van der Waals surface area contributed by atoms with E-state index in [1.807, 2.05) is 0 Å². The summed E-state index contributed by atoms with van der Waals surface area (Å²) in [6.07, 6.45) is 3.19. The van der Waals surface area contributed by atoms with Crippen LogP contribution in [0.1, 0.15) is 6.92 Å². The summed E-state index contributed by atoms with van der Waals surface area (Å²) in [5, 5.41) is 0. The molecule has 0 bridgehead atoms. The first-order chi connectivity index (χ1) is 7.77. The second-order valence-electron chi connectivity index (χ2n) is 2.78. The van der Waals surface area contributed by atoms with Gasteiger partial charge in [0.1, 0.15) is 11.4 Å². The van der Waals surface area contributed by atoms with Crippen LogP contribution in [0.2, 0.25) is 0 Å². The Balaban J connectivity index is 0.000000811. The van der Waals surface area contributed by atoms with Crippen molar-refractivity contribution in [1.29, 1.82) is 0 Å². The van der Waals surface area contributed by atoms with Crippen molar-refractivity contribution in [3.8, 4) is 5.69 Å². The van der Waals surface area contributed by atoms with E-state index in [9.17, 15) is 4.79 Å². The van der Waals surface area contributed by atoms with E-state index in [-0.39, 0.29) is 38.3 Å². The Kier molecular flexibility index (Phi) is 7.67. The number of nitrogens with two attached hydrogens (primary N) is 1. The molecule has 17 heavy (non-hydrogen) atoms. The maximum absolute atomic E-state index is 11.4. The van der Waals surface area contributed by atoms with Gasteiger partial charge in [0, 0.05) is 38.4 Å². The number of nitrogens with zero attached hydrogens (tertiary/aromatic N) is 2. The summed E-state index contributed by atoms with van der Waals surface area (Å²) in [5.41, 5.74) is 5.99. The van der Waals surface area contributed by atoms with E-state index in [1.165, 1.54) is 10.6 Å². The van der Waals surface area contributed by atoms with Crippen molar-refractivity contribution in [1.82, 2.24) is 9.55 Å². The topological polar surface area (TPSA) is 60.9 Å². The Bertz CT molecular complexity index is 494. The van der Waals surface area contributed by atoms with E-state index in [0.29, 0.717) is 11.5 Å². The van der Waals surface area contributed by atoms with Crippen molar-refractivity contribution in [2.45, 2.75) is 6.92 Å². The van der Waals surface area contributed by atoms with Crippen LogP contribution in [-0.2, 0) is 32.7 Å². The number of rotatable bonds is 1. The smallest absolute Gasteiger partial charge is 0.140 e. The number of hydrogen-bond donors (Lipinski definition) is 1. The molecule has 5 heteroatoms. The minimum absolute atomic E-state index is 0. The van der Waals surface area contributed by atoms with E-state index >= 15 is 0 Å². The zero-order chi connectivity index (χ0) is 12.0. The number of hydrogen-bond acceptors (Lipinski definition) is 3. The molecule has 0 saturated carbocycles. The standard InChI is InChI=1S/C10H8N3O.C2H5.Y/c11-9-5-4-8(7-12-9)13-6-2-1-3-10(13)14;1-2;/h2-7H,(H2,11,12);1H2,2H3;/q2*-1;. The van der Waals surface area contributed by atoms with Crippen molar-refractivity contribution in [2.24, 2.45) is 0 Å². The number of nitrogen functional groups attached to an aromatic ring is 1. The van der Waals surface area contributed by atoms with Gasteiger partial charge in [-0.15, -0.1) is 6.07 Å². The van der Waals surface area contributed by atoms with Gasteiger partial charge in [0.15, 0.2) is 0 Å². The van der Waals surface area contributed by atoms with Crippen molar-refractivity contribution in [2.75, 3.05) is 5.73 Å². The van der Waals surface area contributed by atoms with Crippen LogP contribution < -0.4 is 11.3 Å². The van der Waals surface area contributed by atoms with Gasteiger partial charge in [-0.2, -0.15) is 19.1 Å². The van der Waals surface area contributed by atoms with Crippen LogP contribution >= 0.6 is 0 Å². The minimum Gasteiger partial charge on any atom is -0.391 e. The number of pyridine rings is 2. The Morgan fingerprint density at radius 2 is 2.12 bits per heavy atom. The molecule has 0 unspecified atom stereocenters. The third-order valence-electron chi connectivity index (χ3n) is 1.81. The zero-order valence-corrected chi connectivity index (χ0v) is 12.5. The van der Waals surface area contributed by atoms with Gasteiger partial charge in [-0.3, -0.25) is 0 Å². The average Bonchev–Trinajstić information content (AvgIpc) is 2.34. The van der Waals surface area contributed by atoms with E-state index < -0.39 is 0 Å². The zero-order valence-electron chi connectivity index (χ0n) is 9.63. The molecule has 2 aromatic heterocycles. The fourth-order valence-electron chi connectivity index (χ4n) is 1.13. The fraction of sp³-hybridized carbons (Fsp3) is 0.0833. The molecule has 0 aliphatic rings. The Morgan fingerprint density at radius 3 is 2.65 bits per heavy atom. The van der Waals surface area contributed by atoms with Gasteiger partial charge in [0.2, 0.25) is 0 Å². The molecule has 0 aliphatic carbocycles. The molecule has 2 rings (SSSR count). The van der Waals surface area contributed by atoms with Gasteiger partial charge in [-0.05, 0) is 12.1 Å². The fourth-order valence-corrected chi connectivity index (χ4v) is 1.13. The van der Waals surface area contributed by atoms with Gasteiger partial charge in [0.25, 0.3) is 0 Å². The van der Waals surface area contributed by atoms with Crippen molar-refractivity contribution in [3.05, 3.63) is 60.0 Å². The van der Waals surface area contributed by atoms with Crippen LogP contribution in [0.5, 0.6) is 0 Å². The molecule has 0 saturated heterocycles. The van der Waals surface area contributed by atoms with Crippen LogP contribution in [0.25, 0.3) is 5.69 Å². The Labute approximate surface area is 126 Å². The quantitative estimate of drug-likeness (QED) is 0.811. The normalized spacial score (nSPS) is 8.59. The summed E-state index contributed by atoms with van der Waals surface area (Å²) in [5.74, 6) is 0.435. The molecule has 0 aromatic carbocycles. The maximum atomic E-state index is 11.4. The minimum atomic E-state index is -0.140. The van der Waals surface area contributed by atoms with Gasteiger partial charge in [-0.1, -0.05) is 6.20 Å². The monoisotopic (exact) mass is 304 g/mol. The molecular weight excluding hydrogens is 291 g/mol. The van der Waals surface area contributed by atoms with Crippen molar-refractivity contribution >= 4 is 5.82 Å². The second kappa shape index (κ2) is 8.15. The van der Waals surface area contributed by atoms with Gasteiger partial charge in [0.05, 0.1) is 6.20 Å². The Hall–Kier alpha value is -0.996. The van der Waals surface area contributed by atoms with E-state index in [4.69, 9.17) is 5.73 Å². The number of anilines is 1. The molecule has 1 radical (unpaired) electrons.